The first-order chi connectivity index (χ1) is 41.2. The summed E-state index contributed by atoms with van der Waals surface area (Å²) in [7, 11) is 7.83. The van der Waals surface area contributed by atoms with Crippen LogP contribution in [0.2, 0.25) is 20.1 Å². The molecule has 4 aromatic carbocycles. The van der Waals surface area contributed by atoms with Gasteiger partial charge in [-0.25, -0.2) is 17.6 Å². The number of hydrogen-bond donors (Lipinski definition) is 1. The molecule has 476 valence electrons. The normalized spacial score (nSPS) is 13.0. The molecule has 2 heterocycles. The summed E-state index contributed by atoms with van der Waals surface area (Å²) >= 11 is 25.3. The maximum atomic E-state index is 15.9. The van der Waals surface area contributed by atoms with Crippen LogP contribution < -0.4 is 11.1 Å². The van der Waals surface area contributed by atoms with Crippen molar-refractivity contribution in [3.05, 3.63) is 182 Å². The van der Waals surface area contributed by atoms with Gasteiger partial charge in [0.05, 0.1) is 51.6 Å². The van der Waals surface area contributed by atoms with Gasteiger partial charge in [-0.1, -0.05) is 74.1 Å². The largest absolute Gasteiger partial charge is 0.481 e. The summed E-state index contributed by atoms with van der Waals surface area (Å²) < 4.78 is 67.5. The number of ether oxygens (including phenoxy) is 1. The number of carbonyl (C=O) groups is 4. The molecular formula is C68H80Cl4F4N4O8. The monoisotopic (exact) mass is 1300 g/mol. The van der Waals surface area contributed by atoms with Crippen molar-refractivity contribution in [2.45, 2.75) is 138 Å². The number of aromatic nitrogens is 2. The van der Waals surface area contributed by atoms with Crippen molar-refractivity contribution >= 4 is 69.9 Å². The van der Waals surface area contributed by atoms with Crippen LogP contribution in [0.4, 0.5) is 17.6 Å². The van der Waals surface area contributed by atoms with Gasteiger partial charge in [0.15, 0.2) is 11.6 Å². The number of aryl methyl sites for hydroxylation is 4. The first-order valence-corrected chi connectivity index (χ1v) is 30.8. The van der Waals surface area contributed by atoms with Crippen LogP contribution in [0.1, 0.15) is 142 Å². The van der Waals surface area contributed by atoms with Crippen molar-refractivity contribution in [1.82, 2.24) is 18.9 Å². The standard InChI is InChI=1S/C35H42Cl2F2N2O4.C33H38Cl2F2N2O4/c1-8-45-33(44)16-24(27-14-25(12-22(5)35(27)39)34-28(36)17-26(38)18-29(34)37)15-31(42)30(11-20(2)3)41-19-23(9-10-40(6)7)21(4)13-32(41)43;1-18(2)9-28(39-17-21(7-8-38(5)6)19(3)11-30(39)41)29(40)13-22(14-31(42)43)25-12-23(10-20(4)33(25)37)32-26(34)15-24(36)16-27(32)35/h12-14,17-20,24,30H,8-11,15-16H2,1-7H3;10-12,15-18,22,28H,7-9,13-14H2,1-6H3,(H,42,43)/t24-,30?;22-,28?/m00/s1. The van der Waals surface area contributed by atoms with Crippen LogP contribution in [0.3, 0.4) is 0 Å². The quantitative estimate of drug-likeness (QED) is 0.0390. The molecule has 0 aliphatic carbocycles. The second-order valence-electron chi connectivity index (χ2n) is 24.1. The fraction of sp³-hybridized carbons (Fsp3) is 0.441. The van der Waals surface area contributed by atoms with E-state index in [1.165, 1.54) is 46.4 Å². The SMILES string of the molecule is CCOC(=O)C[C@H](CC(=O)C(CC(C)C)n1cc(CCN(C)C)c(C)cc1=O)c1cc(-c2c(Cl)cc(F)cc2Cl)cc(C)c1F.Cc1cc(=O)n(C(CC(C)C)C(=O)C[C@@H](CC(=O)O)c2cc(-c3c(Cl)cc(F)cc3Cl)cc(C)c2F)cc1CCN(C)C. The van der Waals surface area contributed by atoms with E-state index < -0.39 is 65.5 Å². The Balaban J connectivity index is 0.000000321. The lowest BCUT2D eigenvalue weighted by molar-refractivity contribution is -0.144. The average Bonchev–Trinajstić information content (AvgIpc) is 0.923. The molecule has 0 amide bonds. The molecule has 2 aromatic heterocycles. The molecule has 0 bridgehead atoms. The van der Waals surface area contributed by atoms with Gasteiger partial charge in [-0.15, -0.1) is 0 Å². The van der Waals surface area contributed by atoms with E-state index in [0.29, 0.717) is 42.4 Å². The molecule has 0 aliphatic rings. The zero-order valence-electron chi connectivity index (χ0n) is 52.3. The zero-order valence-corrected chi connectivity index (χ0v) is 55.3. The molecule has 0 aliphatic heterocycles. The molecule has 0 saturated heterocycles. The van der Waals surface area contributed by atoms with E-state index in [1.54, 1.807) is 32.3 Å². The van der Waals surface area contributed by atoms with E-state index in [4.69, 9.17) is 51.1 Å². The van der Waals surface area contributed by atoms with Gasteiger partial charge in [0.2, 0.25) is 0 Å². The molecule has 0 spiro atoms. The second kappa shape index (κ2) is 32.6. The van der Waals surface area contributed by atoms with Gasteiger partial charge in [0, 0.05) is 73.4 Å². The summed E-state index contributed by atoms with van der Waals surface area (Å²) in [4.78, 5) is 83.5. The molecule has 0 saturated carbocycles. The van der Waals surface area contributed by atoms with Gasteiger partial charge in [-0.3, -0.25) is 28.8 Å². The number of rotatable bonds is 27. The van der Waals surface area contributed by atoms with Crippen molar-refractivity contribution in [1.29, 1.82) is 0 Å². The lowest BCUT2D eigenvalue weighted by Gasteiger charge is -2.25. The highest BCUT2D eigenvalue weighted by Gasteiger charge is 2.33. The summed E-state index contributed by atoms with van der Waals surface area (Å²) in [5.74, 6) is -6.85. The fourth-order valence-electron chi connectivity index (χ4n) is 10.8. The Morgan fingerprint density at radius 3 is 1.20 bits per heavy atom. The average molecular weight is 1300 g/mol. The van der Waals surface area contributed by atoms with E-state index in [2.05, 4.69) is 0 Å². The van der Waals surface area contributed by atoms with Crippen molar-refractivity contribution in [3.8, 4) is 22.3 Å². The molecule has 1 N–H and O–H groups in total. The number of carboxylic acid groups (broad SMARTS) is 1. The third-order valence-electron chi connectivity index (χ3n) is 15.3. The highest BCUT2D eigenvalue weighted by Crippen LogP contribution is 2.42. The Morgan fingerprint density at radius 2 is 0.886 bits per heavy atom. The molecule has 88 heavy (non-hydrogen) atoms. The van der Waals surface area contributed by atoms with E-state index >= 15 is 8.78 Å². The first kappa shape index (κ1) is 72.6. The van der Waals surface area contributed by atoms with E-state index in [9.17, 15) is 42.7 Å². The van der Waals surface area contributed by atoms with E-state index in [0.717, 1.165) is 59.6 Å². The highest BCUT2D eigenvalue weighted by molar-refractivity contribution is 6.40. The number of halogens is 8. The predicted molar refractivity (Wildman–Crippen MR) is 344 cm³/mol. The Kier molecular flexibility index (Phi) is 26.9. The predicted octanol–water partition coefficient (Wildman–Crippen LogP) is 15.7. The maximum Gasteiger partial charge on any atom is 0.306 e. The summed E-state index contributed by atoms with van der Waals surface area (Å²) in [5.41, 5.74) is 4.82. The highest BCUT2D eigenvalue weighted by atomic mass is 35.5. The first-order valence-electron chi connectivity index (χ1n) is 29.3. The van der Waals surface area contributed by atoms with E-state index in [-0.39, 0.29) is 108 Å². The van der Waals surface area contributed by atoms with Gasteiger partial charge in [-0.2, -0.15) is 0 Å². The second-order valence-corrected chi connectivity index (χ2v) is 25.7. The Labute approximate surface area is 533 Å². The molecular weight excluding hydrogens is 1220 g/mol. The van der Waals surface area contributed by atoms with Gasteiger partial charge in [0.25, 0.3) is 11.1 Å². The molecule has 4 atom stereocenters. The molecule has 12 nitrogen and oxygen atoms in total. The van der Waals surface area contributed by atoms with Gasteiger partial charge >= 0.3 is 11.9 Å². The van der Waals surface area contributed by atoms with Crippen LogP contribution >= 0.6 is 46.4 Å². The van der Waals surface area contributed by atoms with Crippen LogP contribution in [-0.2, 0) is 36.8 Å². The van der Waals surface area contributed by atoms with Crippen molar-refractivity contribution < 1.29 is 46.6 Å². The third kappa shape index (κ3) is 19.7. The van der Waals surface area contributed by atoms with Gasteiger partial charge in [-0.05, 0) is 204 Å². The Hall–Kier alpha value is -6.14. The maximum absolute atomic E-state index is 15.9. The summed E-state index contributed by atoms with van der Waals surface area (Å²) in [6.07, 6.45) is 4.24. The summed E-state index contributed by atoms with van der Waals surface area (Å²) in [5, 5.41) is 9.85. The van der Waals surface area contributed by atoms with Crippen LogP contribution in [0.25, 0.3) is 22.3 Å². The summed E-state index contributed by atoms with van der Waals surface area (Å²) in [6, 6.07) is 11.7. The number of ketones is 2. The van der Waals surface area contributed by atoms with Crippen molar-refractivity contribution in [2.24, 2.45) is 11.8 Å². The summed E-state index contributed by atoms with van der Waals surface area (Å²) in [6.45, 7) is 17.9. The number of Topliss-reactive ketones (excluding diaryl/α,β-unsaturated/α-hetero) is 2. The molecule has 2 unspecified atom stereocenters. The van der Waals surface area contributed by atoms with Crippen LogP contribution in [0.15, 0.2) is 82.6 Å². The Morgan fingerprint density at radius 1 is 0.534 bits per heavy atom. The lowest BCUT2D eigenvalue weighted by Crippen LogP contribution is -2.32. The fourth-order valence-corrected chi connectivity index (χ4v) is 12.2. The smallest absolute Gasteiger partial charge is 0.306 e. The molecule has 6 aromatic rings. The minimum absolute atomic E-state index is 0.00781. The third-order valence-corrected chi connectivity index (χ3v) is 16.5. The Bertz CT molecular complexity index is 3600. The van der Waals surface area contributed by atoms with E-state index in [1.807, 2.05) is 79.5 Å². The van der Waals surface area contributed by atoms with Crippen LogP contribution in [-0.4, -0.2) is 95.4 Å². The van der Waals surface area contributed by atoms with Crippen molar-refractivity contribution in [3.63, 3.8) is 0 Å². The number of carbonyl (C=O) groups excluding carboxylic acids is 3. The number of benzene rings is 4. The van der Waals surface area contributed by atoms with Crippen LogP contribution in [0.5, 0.6) is 0 Å². The number of carboxylic acids is 1. The number of esters is 1. The molecule has 20 heteroatoms. The lowest BCUT2D eigenvalue weighted by atomic mass is 9.84. The topological polar surface area (TPSA) is 148 Å². The molecule has 0 fully saturated rings. The molecule has 0 radical (unpaired) electrons. The zero-order chi connectivity index (χ0) is 65.8. The number of aliphatic carboxylic acids is 1. The number of pyridine rings is 2. The van der Waals surface area contributed by atoms with Gasteiger partial charge in [0.1, 0.15) is 23.3 Å². The van der Waals surface area contributed by atoms with Crippen LogP contribution in [0, 0.1) is 62.8 Å². The minimum Gasteiger partial charge on any atom is -0.481 e. The van der Waals surface area contributed by atoms with Crippen molar-refractivity contribution in [2.75, 3.05) is 47.9 Å². The molecule has 6 rings (SSSR count). The number of hydrogen-bond acceptors (Lipinski definition) is 9. The number of nitrogens with zero attached hydrogens (tertiary/aromatic N) is 4. The number of likely N-dealkylation sites (N-methyl/N-ethyl adjacent to an activating group) is 2. The van der Waals surface area contributed by atoms with Gasteiger partial charge < -0.3 is 28.8 Å². The minimum atomic E-state index is -1.21.